The zero-order valence-corrected chi connectivity index (χ0v) is 16.5. The van der Waals surface area contributed by atoms with E-state index in [-0.39, 0.29) is 11.2 Å². The predicted octanol–water partition coefficient (Wildman–Crippen LogP) is 4.25. The number of aliphatic hydroxyl groups is 1. The summed E-state index contributed by atoms with van der Waals surface area (Å²) in [4.78, 5) is 6.54. The zero-order valence-electron chi connectivity index (χ0n) is 15.7. The lowest BCUT2D eigenvalue weighted by Gasteiger charge is -2.19. The maximum atomic E-state index is 10.4. The summed E-state index contributed by atoms with van der Waals surface area (Å²) in [7, 11) is 1.66. The molecule has 138 valence electrons. The average molecular weight is 372 g/mol. The monoisotopic (exact) mass is 371 g/mol. The minimum absolute atomic E-state index is 0.0464. The molecule has 0 amide bonds. The number of ether oxygens (including phenoxy) is 1. The molecule has 0 radical (unpaired) electrons. The van der Waals surface area contributed by atoms with Crippen molar-refractivity contribution in [2.45, 2.75) is 32.6 Å². The van der Waals surface area contributed by atoms with Crippen LogP contribution in [0.3, 0.4) is 0 Å². The molecule has 0 saturated carbocycles. The fourth-order valence-electron chi connectivity index (χ4n) is 2.95. The first-order valence-corrected chi connectivity index (χ1v) is 9.53. The van der Waals surface area contributed by atoms with E-state index in [1.807, 2.05) is 34.5 Å². The van der Waals surface area contributed by atoms with Crippen LogP contribution in [-0.2, 0) is 11.8 Å². The first kappa shape index (κ1) is 18.5. The molecule has 2 aromatic rings. The summed E-state index contributed by atoms with van der Waals surface area (Å²) >= 11 is 1.49. The van der Waals surface area contributed by atoms with Crippen molar-refractivity contribution in [1.29, 1.82) is 5.41 Å². The van der Waals surface area contributed by atoms with Gasteiger partial charge in [0.25, 0.3) is 0 Å². The number of hydrogen-bond donors (Lipinski definition) is 2. The van der Waals surface area contributed by atoms with Gasteiger partial charge < -0.3 is 14.7 Å². The first-order valence-electron chi connectivity index (χ1n) is 8.65. The number of methoxy groups -OCH3 is 1. The van der Waals surface area contributed by atoms with E-state index in [9.17, 15) is 5.11 Å². The number of para-hydroxylation sites is 1. The summed E-state index contributed by atoms with van der Waals surface area (Å²) in [5.74, 6) is 1.42. The van der Waals surface area contributed by atoms with Gasteiger partial charge in [-0.25, -0.2) is 4.98 Å². The number of aromatic nitrogens is 1. The van der Waals surface area contributed by atoms with E-state index in [1.165, 1.54) is 11.3 Å². The molecular formula is C20H25N3O2S. The SMILES string of the molecule is COc1ccccc1CCN1CC(O)=C(c2nc(C(C)(C)C)cs2)C1=N. The number of benzene rings is 1. The summed E-state index contributed by atoms with van der Waals surface area (Å²) in [6.07, 6.45) is 0.748. The normalized spacial score (nSPS) is 15.1. The molecule has 1 aliphatic rings. The quantitative estimate of drug-likeness (QED) is 0.824. The molecule has 1 aromatic heterocycles. The molecule has 0 fully saturated rings. The molecule has 0 unspecified atom stereocenters. The van der Waals surface area contributed by atoms with Crippen molar-refractivity contribution in [3.63, 3.8) is 0 Å². The second kappa shape index (κ2) is 7.11. The Balaban J connectivity index is 1.73. The van der Waals surface area contributed by atoms with Gasteiger partial charge in [-0.3, -0.25) is 5.41 Å². The Morgan fingerprint density at radius 2 is 2.04 bits per heavy atom. The lowest BCUT2D eigenvalue weighted by Crippen LogP contribution is -2.29. The fourth-order valence-corrected chi connectivity index (χ4v) is 4.06. The van der Waals surface area contributed by atoms with Crippen LogP contribution in [0.15, 0.2) is 35.4 Å². The zero-order chi connectivity index (χ0) is 18.9. The van der Waals surface area contributed by atoms with Crippen LogP contribution in [0.25, 0.3) is 5.57 Å². The van der Waals surface area contributed by atoms with E-state index < -0.39 is 0 Å². The Bertz CT molecular complexity index is 849. The predicted molar refractivity (Wildman–Crippen MR) is 106 cm³/mol. The maximum absolute atomic E-state index is 10.4. The Morgan fingerprint density at radius 3 is 2.69 bits per heavy atom. The Morgan fingerprint density at radius 1 is 1.31 bits per heavy atom. The molecule has 26 heavy (non-hydrogen) atoms. The van der Waals surface area contributed by atoms with Gasteiger partial charge in [0.15, 0.2) is 0 Å². The van der Waals surface area contributed by atoms with Crippen LogP contribution >= 0.6 is 11.3 Å². The van der Waals surface area contributed by atoms with Crippen molar-refractivity contribution in [3.8, 4) is 5.75 Å². The molecule has 0 bridgehead atoms. The minimum Gasteiger partial charge on any atom is -0.510 e. The Kier molecular flexibility index (Phi) is 5.05. The van der Waals surface area contributed by atoms with Gasteiger partial charge >= 0.3 is 0 Å². The average Bonchev–Trinajstić information content (AvgIpc) is 3.18. The van der Waals surface area contributed by atoms with Gasteiger partial charge in [0.1, 0.15) is 22.4 Å². The highest BCUT2D eigenvalue weighted by Crippen LogP contribution is 2.32. The standard InChI is InChI=1S/C20H25N3O2S/c1-20(2,3)16-12-26-19(22-16)17-14(24)11-23(18(17)21)10-9-13-7-5-6-8-15(13)25-4/h5-8,12,21,24H,9-11H2,1-4H3. The van der Waals surface area contributed by atoms with E-state index in [0.717, 1.165) is 28.4 Å². The molecule has 5 nitrogen and oxygen atoms in total. The van der Waals surface area contributed by atoms with Gasteiger partial charge in [0.2, 0.25) is 0 Å². The third-order valence-corrected chi connectivity index (χ3v) is 5.37. The van der Waals surface area contributed by atoms with Crippen molar-refractivity contribution < 1.29 is 9.84 Å². The molecule has 0 atom stereocenters. The lowest BCUT2D eigenvalue weighted by atomic mass is 9.93. The second-order valence-corrected chi connectivity index (χ2v) is 8.30. The van der Waals surface area contributed by atoms with Gasteiger partial charge in [-0.15, -0.1) is 11.3 Å². The second-order valence-electron chi connectivity index (χ2n) is 7.44. The number of rotatable bonds is 5. The Labute approximate surface area is 158 Å². The van der Waals surface area contributed by atoms with Crippen LogP contribution in [-0.4, -0.2) is 41.0 Å². The van der Waals surface area contributed by atoms with Crippen LogP contribution < -0.4 is 4.74 Å². The molecule has 1 aromatic carbocycles. The smallest absolute Gasteiger partial charge is 0.135 e. The highest BCUT2D eigenvalue weighted by Gasteiger charge is 2.31. The first-order chi connectivity index (χ1) is 12.3. The summed E-state index contributed by atoms with van der Waals surface area (Å²) in [5.41, 5.74) is 2.60. The largest absolute Gasteiger partial charge is 0.510 e. The third kappa shape index (κ3) is 3.60. The molecular weight excluding hydrogens is 346 g/mol. The van der Waals surface area contributed by atoms with E-state index >= 15 is 0 Å². The molecule has 3 rings (SSSR count). The number of thiazole rings is 1. The van der Waals surface area contributed by atoms with Crippen molar-refractivity contribution in [2.24, 2.45) is 0 Å². The van der Waals surface area contributed by atoms with Crippen molar-refractivity contribution in [2.75, 3.05) is 20.2 Å². The lowest BCUT2D eigenvalue weighted by molar-refractivity contribution is 0.349. The number of nitrogens with zero attached hydrogens (tertiary/aromatic N) is 2. The number of hydrogen-bond acceptors (Lipinski definition) is 5. The maximum Gasteiger partial charge on any atom is 0.135 e. The molecule has 0 spiro atoms. The molecule has 6 heteroatoms. The van der Waals surface area contributed by atoms with Gasteiger partial charge in [-0.05, 0) is 18.1 Å². The van der Waals surface area contributed by atoms with Crippen LogP contribution in [0.4, 0.5) is 0 Å². The van der Waals surface area contributed by atoms with E-state index in [2.05, 4.69) is 25.8 Å². The number of amidine groups is 1. The number of nitrogens with one attached hydrogen (secondary N) is 1. The molecule has 2 heterocycles. The van der Waals surface area contributed by atoms with Crippen LogP contribution in [0, 0.1) is 5.41 Å². The van der Waals surface area contributed by atoms with Gasteiger partial charge in [0, 0.05) is 17.3 Å². The topological polar surface area (TPSA) is 69.4 Å². The third-order valence-electron chi connectivity index (χ3n) is 4.51. The fraction of sp³-hybridized carbons (Fsp3) is 0.400. The van der Waals surface area contributed by atoms with Crippen molar-refractivity contribution >= 4 is 22.7 Å². The molecule has 1 aliphatic heterocycles. The molecule has 0 saturated heterocycles. The minimum atomic E-state index is -0.0464. The van der Waals surface area contributed by atoms with Gasteiger partial charge in [0.05, 0.1) is 24.9 Å². The molecule has 2 N–H and O–H groups in total. The summed E-state index contributed by atoms with van der Waals surface area (Å²) < 4.78 is 5.39. The van der Waals surface area contributed by atoms with Crippen molar-refractivity contribution in [3.05, 3.63) is 51.7 Å². The number of aliphatic hydroxyl groups excluding tert-OH is 1. The summed E-state index contributed by atoms with van der Waals surface area (Å²) in [6.45, 7) is 7.33. The van der Waals surface area contributed by atoms with Crippen molar-refractivity contribution in [1.82, 2.24) is 9.88 Å². The summed E-state index contributed by atoms with van der Waals surface area (Å²) in [5, 5.41) is 21.7. The van der Waals surface area contributed by atoms with Crippen LogP contribution in [0.2, 0.25) is 0 Å². The Hall–Kier alpha value is -2.34. The highest BCUT2D eigenvalue weighted by atomic mass is 32.1. The van der Waals surface area contributed by atoms with E-state index in [4.69, 9.17) is 10.1 Å². The van der Waals surface area contributed by atoms with Crippen LogP contribution in [0.5, 0.6) is 5.75 Å². The highest BCUT2D eigenvalue weighted by molar-refractivity contribution is 7.11. The van der Waals surface area contributed by atoms with Crippen LogP contribution in [0.1, 0.15) is 37.0 Å². The van der Waals surface area contributed by atoms with E-state index in [1.54, 1.807) is 7.11 Å². The van der Waals surface area contributed by atoms with Gasteiger partial charge in [-0.1, -0.05) is 39.0 Å². The summed E-state index contributed by atoms with van der Waals surface area (Å²) in [6, 6.07) is 7.90. The van der Waals surface area contributed by atoms with Gasteiger partial charge in [-0.2, -0.15) is 0 Å². The molecule has 0 aliphatic carbocycles. The van der Waals surface area contributed by atoms with E-state index in [0.29, 0.717) is 24.5 Å².